The summed E-state index contributed by atoms with van der Waals surface area (Å²) >= 11 is 0. The van der Waals surface area contributed by atoms with Gasteiger partial charge in [-0.15, -0.1) is 0 Å². The van der Waals surface area contributed by atoms with Crippen molar-refractivity contribution in [3.05, 3.63) is 27.3 Å². The van der Waals surface area contributed by atoms with Gasteiger partial charge in [0.15, 0.2) is 23.5 Å². The summed E-state index contributed by atoms with van der Waals surface area (Å²) in [5.74, 6) is 0.684. The van der Waals surface area contributed by atoms with Crippen LogP contribution in [0.4, 0.5) is 5.69 Å². The highest BCUT2D eigenvalue weighted by molar-refractivity contribution is 5.44. The molecule has 46 heavy (non-hydrogen) atoms. The lowest BCUT2D eigenvalue weighted by atomic mass is 9.95. The third-order valence-electron chi connectivity index (χ3n) is 12.5. The van der Waals surface area contributed by atoms with E-state index in [1.165, 1.54) is 35.1 Å². The van der Waals surface area contributed by atoms with Crippen molar-refractivity contribution < 1.29 is 72.5 Å². The number of halogens is 4. The highest BCUT2D eigenvalue weighted by Crippen LogP contribution is 2.43. The molecule has 13 nitrogen and oxygen atoms in total. The summed E-state index contributed by atoms with van der Waals surface area (Å²) in [5, 5.41) is 27.4. The van der Waals surface area contributed by atoms with Crippen LogP contribution in [0, 0.1) is 17.0 Å². The maximum absolute atomic E-state index is 13.1. The Balaban J connectivity index is 0.00000144. The standard InChI is InChI=1S/C29H53N11O2.4ClH/c1-24-34-27(25-22-32-6-12-39(25)18-14-37(15-19-39)8-2-30-3-9-37)29(36(41)42)28(35-24)26-23-33-7-13-40(26)20-16-38(17-21-40)10-4-31-5-11-38;;;;/h25-26,30-33H,2-23H2,1H3;4*1H/q+4;;;;/p-4. The van der Waals surface area contributed by atoms with Gasteiger partial charge in [-0.3, -0.25) is 10.1 Å². The van der Waals surface area contributed by atoms with Gasteiger partial charge in [-0.2, -0.15) is 0 Å². The lowest BCUT2D eigenvalue weighted by Crippen LogP contribution is -3.00. The zero-order chi connectivity index (χ0) is 28.8. The summed E-state index contributed by atoms with van der Waals surface area (Å²) in [6, 6.07) is -0.0206. The Bertz CT molecular complexity index is 1090. The molecule has 7 rings (SSSR count). The lowest BCUT2D eigenvalue weighted by molar-refractivity contribution is -1.05. The number of rotatable bonds is 3. The molecule has 6 aliphatic heterocycles. The van der Waals surface area contributed by atoms with Crippen molar-refractivity contribution in [1.29, 1.82) is 0 Å². The van der Waals surface area contributed by atoms with Crippen LogP contribution in [0.3, 0.4) is 0 Å². The van der Waals surface area contributed by atoms with E-state index in [9.17, 15) is 10.1 Å². The van der Waals surface area contributed by atoms with E-state index in [1.807, 2.05) is 6.92 Å². The molecule has 1 aromatic heterocycles. The van der Waals surface area contributed by atoms with Crippen LogP contribution in [0.5, 0.6) is 0 Å². The second kappa shape index (κ2) is 15.9. The third-order valence-corrected chi connectivity index (χ3v) is 12.5. The Morgan fingerprint density at radius 3 is 1.26 bits per heavy atom. The number of hydrogen-bond donors (Lipinski definition) is 4. The predicted octanol–water partition coefficient (Wildman–Crippen LogP) is -13.5. The van der Waals surface area contributed by atoms with Crippen LogP contribution in [0.2, 0.25) is 0 Å². The highest BCUT2D eigenvalue weighted by Gasteiger charge is 2.54. The third kappa shape index (κ3) is 7.27. The number of quaternary nitrogens is 4. The van der Waals surface area contributed by atoms with Crippen molar-refractivity contribution in [3.63, 3.8) is 0 Å². The monoisotopic (exact) mass is 727 g/mol. The Labute approximate surface area is 298 Å². The molecule has 4 spiro atoms. The molecule has 0 saturated carbocycles. The molecule has 2 unspecified atom stereocenters. The molecule has 0 aromatic carbocycles. The van der Waals surface area contributed by atoms with Gasteiger partial charge < -0.3 is 88.8 Å². The molecule has 4 N–H and O–H groups in total. The van der Waals surface area contributed by atoms with E-state index in [1.54, 1.807) is 0 Å². The van der Waals surface area contributed by atoms with Crippen LogP contribution in [-0.2, 0) is 0 Å². The van der Waals surface area contributed by atoms with Crippen molar-refractivity contribution in [2.75, 3.05) is 144 Å². The summed E-state index contributed by atoms with van der Waals surface area (Å²) in [4.78, 5) is 22.9. The van der Waals surface area contributed by atoms with Gasteiger partial charge in [0.05, 0.1) is 57.3 Å². The normalized spacial score (nSPS) is 29.1. The van der Waals surface area contributed by atoms with Gasteiger partial charge in [-0.1, -0.05) is 0 Å². The first-order valence-corrected chi connectivity index (χ1v) is 16.6. The van der Waals surface area contributed by atoms with Crippen LogP contribution in [-0.4, -0.2) is 177 Å². The van der Waals surface area contributed by atoms with Gasteiger partial charge in [-0.05, 0) is 6.92 Å². The second-order valence-corrected chi connectivity index (χ2v) is 14.3. The summed E-state index contributed by atoms with van der Waals surface area (Å²) in [6.45, 7) is 25.5. The van der Waals surface area contributed by atoms with Crippen LogP contribution >= 0.6 is 0 Å². The molecular weight excluding hydrogens is 676 g/mol. The van der Waals surface area contributed by atoms with E-state index in [0.29, 0.717) is 17.2 Å². The second-order valence-electron chi connectivity index (χ2n) is 14.3. The first kappa shape index (κ1) is 39.8. The fourth-order valence-corrected chi connectivity index (χ4v) is 9.55. The minimum Gasteiger partial charge on any atom is -1.00 e. The van der Waals surface area contributed by atoms with Gasteiger partial charge >= 0.3 is 5.69 Å². The van der Waals surface area contributed by atoms with Crippen LogP contribution in [0.25, 0.3) is 0 Å². The van der Waals surface area contributed by atoms with E-state index < -0.39 is 0 Å². The van der Waals surface area contributed by atoms with Crippen molar-refractivity contribution in [3.8, 4) is 0 Å². The Hall–Kier alpha value is -0.680. The fraction of sp³-hybridized carbons (Fsp3) is 0.862. The van der Waals surface area contributed by atoms with Gasteiger partial charge in [0, 0.05) is 39.3 Å². The summed E-state index contributed by atoms with van der Waals surface area (Å²) < 4.78 is 4.25. The van der Waals surface area contributed by atoms with Crippen molar-refractivity contribution in [2.45, 2.75) is 19.0 Å². The molecule has 0 amide bonds. The molecule has 6 saturated heterocycles. The first-order chi connectivity index (χ1) is 20.4. The zero-order valence-corrected chi connectivity index (χ0v) is 30.2. The maximum atomic E-state index is 13.1. The van der Waals surface area contributed by atoms with E-state index in [4.69, 9.17) is 9.97 Å². The molecule has 7 heterocycles. The molecule has 17 heteroatoms. The van der Waals surface area contributed by atoms with E-state index in [0.717, 1.165) is 127 Å². The Morgan fingerprint density at radius 1 is 0.565 bits per heavy atom. The van der Waals surface area contributed by atoms with Crippen molar-refractivity contribution >= 4 is 5.69 Å². The van der Waals surface area contributed by atoms with Crippen LogP contribution < -0.4 is 70.9 Å². The summed E-state index contributed by atoms with van der Waals surface area (Å²) in [5.41, 5.74) is 1.59. The SMILES string of the molecule is Cc1nc(C2CNCC[N+]23CC[N+]2(CCNCC2)CC3)c([N+](=O)[O-])c(C2CNCC[N+]23CC[N+]2(CCNCC2)CC3)n1.[Cl-].[Cl-].[Cl-].[Cl-]. The number of aromatic nitrogens is 2. The Kier molecular flexibility index (Phi) is 13.7. The molecule has 6 fully saturated rings. The van der Waals surface area contributed by atoms with E-state index in [-0.39, 0.29) is 72.3 Å². The molecule has 6 aliphatic rings. The van der Waals surface area contributed by atoms with Crippen molar-refractivity contribution in [1.82, 2.24) is 31.2 Å². The van der Waals surface area contributed by atoms with Gasteiger partial charge in [0.25, 0.3) is 0 Å². The first-order valence-electron chi connectivity index (χ1n) is 16.6. The van der Waals surface area contributed by atoms with Crippen molar-refractivity contribution in [2.24, 2.45) is 0 Å². The van der Waals surface area contributed by atoms with Gasteiger partial charge in [-0.25, -0.2) is 9.97 Å². The lowest BCUT2D eigenvalue weighted by Gasteiger charge is -2.55. The van der Waals surface area contributed by atoms with E-state index >= 15 is 0 Å². The minimum absolute atomic E-state index is 0. The average Bonchev–Trinajstić information content (AvgIpc) is 3.01. The maximum Gasteiger partial charge on any atom is 0.324 e. The smallest absolute Gasteiger partial charge is 0.324 e. The fourth-order valence-electron chi connectivity index (χ4n) is 9.55. The number of aryl methyl sites for hydroxylation is 1. The number of nitro groups is 1. The minimum atomic E-state index is -0.122. The van der Waals surface area contributed by atoms with Crippen LogP contribution in [0.15, 0.2) is 0 Å². The average molecular weight is 730 g/mol. The molecular formula is C29H53Cl4N11O2. The van der Waals surface area contributed by atoms with Crippen LogP contribution in [0.1, 0.15) is 29.3 Å². The predicted molar refractivity (Wildman–Crippen MR) is 160 cm³/mol. The molecule has 0 bridgehead atoms. The molecule has 2 atom stereocenters. The molecule has 264 valence electrons. The number of nitrogens with one attached hydrogen (secondary N) is 4. The quantitative estimate of drug-likeness (QED) is 0.138. The molecule has 0 radical (unpaired) electrons. The summed E-state index contributed by atoms with van der Waals surface area (Å²) in [7, 11) is 0. The largest absolute Gasteiger partial charge is 1.00 e. The zero-order valence-electron chi connectivity index (χ0n) is 27.2. The number of piperazine rings is 6. The number of hydrogen-bond acceptors (Lipinski definition) is 8. The Morgan fingerprint density at radius 2 is 0.913 bits per heavy atom. The van der Waals surface area contributed by atoms with Gasteiger partial charge in [0.1, 0.15) is 58.2 Å². The number of nitrogens with zero attached hydrogens (tertiary/aromatic N) is 7. The highest BCUT2D eigenvalue weighted by atomic mass is 35.5. The van der Waals surface area contributed by atoms with Gasteiger partial charge in [0.2, 0.25) is 0 Å². The topological polar surface area (TPSA) is 117 Å². The molecule has 0 aliphatic carbocycles. The van der Waals surface area contributed by atoms with E-state index in [2.05, 4.69) is 21.3 Å². The summed E-state index contributed by atoms with van der Waals surface area (Å²) in [6.07, 6.45) is 0. The molecule has 1 aromatic rings.